The molecule has 1 aromatic rings. The highest BCUT2D eigenvalue weighted by atomic mass is 16.7. The van der Waals surface area contributed by atoms with Crippen molar-refractivity contribution in [2.45, 2.75) is 32.6 Å². The summed E-state index contributed by atoms with van der Waals surface area (Å²) >= 11 is 0. The van der Waals surface area contributed by atoms with Gasteiger partial charge in [-0.2, -0.15) is 0 Å². The van der Waals surface area contributed by atoms with E-state index < -0.39 is 0 Å². The van der Waals surface area contributed by atoms with Gasteiger partial charge in [0.1, 0.15) is 5.75 Å². The van der Waals surface area contributed by atoms with E-state index in [0.29, 0.717) is 6.54 Å². The molecule has 0 saturated carbocycles. The second-order valence-electron chi connectivity index (χ2n) is 4.45. The van der Waals surface area contributed by atoms with Crippen molar-refractivity contribution in [3.05, 3.63) is 29.8 Å². The molecule has 0 aromatic heterocycles. The normalized spacial score (nSPS) is 12.7. The third kappa shape index (κ3) is 5.59. The molecule has 1 aromatic carbocycles. The van der Waals surface area contributed by atoms with Crippen LogP contribution in [0.4, 0.5) is 0 Å². The molecule has 0 fully saturated rings. The van der Waals surface area contributed by atoms with E-state index in [2.05, 4.69) is 31.3 Å². The lowest BCUT2D eigenvalue weighted by atomic mass is 10.1. The van der Waals surface area contributed by atoms with Gasteiger partial charge in [0.2, 0.25) is 0 Å². The molecule has 0 saturated heterocycles. The van der Waals surface area contributed by atoms with Crippen LogP contribution in [0, 0.1) is 0 Å². The van der Waals surface area contributed by atoms with Crippen LogP contribution in [0.3, 0.4) is 0 Å². The largest absolute Gasteiger partial charge is 0.494 e. The molecule has 0 amide bonds. The monoisotopic (exact) mass is 267 g/mol. The van der Waals surface area contributed by atoms with Gasteiger partial charge in [-0.25, -0.2) is 0 Å². The number of methoxy groups -OCH3 is 2. The quantitative estimate of drug-likeness (QED) is 0.698. The SMILES string of the molecule is CCCOc1ccc(C(C)NCC(OC)OC)cc1. The Morgan fingerprint density at radius 2 is 1.74 bits per heavy atom. The summed E-state index contributed by atoms with van der Waals surface area (Å²) in [5.74, 6) is 0.921. The Morgan fingerprint density at radius 3 is 2.26 bits per heavy atom. The zero-order valence-corrected chi connectivity index (χ0v) is 12.3. The second kappa shape index (κ2) is 8.91. The van der Waals surface area contributed by atoms with E-state index in [4.69, 9.17) is 14.2 Å². The summed E-state index contributed by atoms with van der Waals surface area (Å²) in [4.78, 5) is 0. The lowest BCUT2D eigenvalue weighted by molar-refractivity contribution is -0.0997. The maximum atomic E-state index is 5.56. The zero-order valence-electron chi connectivity index (χ0n) is 12.3. The Bertz CT molecular complexity index is 336. The van der Waals surface area contributed by atoms with E-state index in [9.17, 15) is 0 Å². The lowest BCUT2D eigenvalue weighted by Gasteiger charge is -2.19. The fraction of sp³-hybridized carbons (Fsp3) is 0.600. The van der Waals surface area contributed by atoms with Crippen molar-refractivity contribution in [2.24, 2.45) is 0 Å². The molecule has 1 N–H and O–H groups in total. The molecule has 19 heavy (non-hydrogen) atoms. The number of rotatable bonds is 9. The van der Waals surface area contributed by atoms with Crippen molar-refractivity contribution in [3.8, 4) is 5.75 Å². The summed E-state index contributed by atoms with van der Waals surface area (Å²) in [5, 5.41) is 3.37. The molecule has 0 radical (unpaired) electrons. The van der Waals surface area contributed by atoms with Crippen LogP contribution >= 0.6 is 0 Å². The van der Waals surface area contributed by atoms with Crippen LogP contribution in [0.1, 0.15) is 31.9 Å². The molecule has 0 spiro atoms. The van der Waals surface area contributed by atoms with Crippen molar-refractivity contribution < 1.29 is 14.2 Å². The van der Waals surface area contributed by atoms with Crippen LogP contribution < -0.4 is 10.1 Å². The molecule has 0 bridgehead atoms. The number of hydrogen-bond acceptors (Lipinski definition) is 4. The molecular formula is C15H25NO3. The number of benzene rings is 1. The Labute approximate surface area is 116 Å². The zero-order chi connectivity index (χ0) is 14.1. The second-order valence-corrected chi connectivity index (χ2v) is 4.45. The minimum atomic E-state index is -0.213. The summed E-state index contributed by atoms with van der Waals surface area (Å²) in [5.41, 5.74) is 1.22. The van der Waals surface area contributed by atoms with Gasteiger partial charge in [-0.15, -0.1) is 0 Å². The van der Waals surface area contributed by atoms with Gasteiger partial charge >= 0.3 is 0 Å². The Morgan fingerprint density at radius 1 is 1.11 bits per heavy atom. The molecule has 108 valence electrons. The predicted octanol–water partition coefficient (Wildman–Crippen LogP) is 2.74. The molecule has 0 aliphatic rings. The molecular weight excluding hydrogens is 242 g/mol. The third-order valence-corrected chi connectivity index (χ3v) is 2.97. The van der Waals surface area contributed by atoms with Gasteiger partial charge in [0.05, 0.1) is 6.61 Å². The molecule has 0 aliphatic carbocycles. The fourth-order valence-electron chi connectivity index (χ4n) is 1.73. The Kier molecular flexibility index (Phi) is 7.48. The van der Waals surface area contributed by atoms with Crippen molar-refractivity contribution in [1.82, 2.24) is 5.32 Å². The lowest BCUT2D eigenvalue weighted by Crippen LogP contribution is -2.31. The smallest absolute Gasteiger partial charge is 0.169 e. The van der Waals surface area contributed by atoms with E-state index in [1.807, 2.05) is 12.1 Å². The summed E-state index contributed by atoms with van der Waals surface area (Å²) < 4.78 is 15.9. The van der Waals surface area contributed by atoms with Crippen LogP contribution in [0.2, 0.25) is 0 Å². The van der Waals surface area contributed by atoms with Gasteiger partial charge in [-0.05, 0) is 31.0 Å². The predicted molar refractivity (Wildman–Crippen MR) is 76.5 cm³/mol. The van der Waals surface area contributed by atoms with Crippen LogP contribution in [-0.2, 0) is 9.47 Å². The Hall–Kier alpha value is -1.10. The molecule has 1 atom stereocenters. The summed E-state index contributed by atoms with van der Waals surface area (Å²) in [6, 6.07) is 8.42. The van der Waals surface area contributed by atoms with Crippen LogP contribution in [-0.4, -0.2) is 33.7 Å². The fourth-order valence-corrected chi connectivity index (χ4v) is 1.73. The first-order chi connectivity index (χ1) is 9.21. The first kappa shape index (κ1) is 16.0. The highest BCUT2D eigenvalue weighted by Crippen LogP contribution is 2.17. The van der Waals surface area contributed by atoms with Gasteiger partial charge in [0.25, 0.3) is 0 Å². The maximum absolute atomic E-state index is 5.56. The van der Waals surface area contributed by atoms with E-state index in [1.54, 1.807) is 14.2 Å². The van der Waals surface area contributed by atoms with E-state index >= 15 is 0 Å². The summed E-state index contributed by atoms with van der Waals surface area (Å²) in [7, 11) is 3.28. The first-order valence-corrected chi connectivity index (χ1v) is 6.73. The van der Waals surface area contributed by atoms with E-state index in [0.717, 1.165) is 18.8 Å². The van der Waals surface area contributed by atoms with Gasteiger partial charge in [-0.3, -0.25) is 0 Å². The first-order valence-electron chi connectivity index (χ1n) is 6.73. The Balaban J connectivity index is 2.45. The van der Waals surface area contributed by atoms with Gasteiger partial charge in [0, 0.05) is 26.8 Å². The van der Waals surface area contributed by atoms with Crippen molar-refractivity contribution >= 4 is 0 Å². The van der Waals surface area contributed by atoms with Crippen molar-refractivity contribution in [3.63, 3.8) is 0 Å². The standard InChI is InChI=1S/C15H25NO3/c1-5-10-19-14-8-6-13(7-9-14)12(2)16-11-15(17-3)18-4/h6-9,12,15-16H,5,10-11H2,1-4H3. The van der Waals surface area contributed by atoms with Crippen molar-refractivity contribution in [2.75, 3.05) is 27.4 Å². The van der Waals surface area contributed by atoms with Gasteiger partial charge in [-0.1, -0.05) is 19.1 Å². The molecule has 1 unspecified atom stereocenters. The highest BCUT2D eigenvalue weighted by Gasteiger charge is 2.09. The van der Waals surface area contributed by atoms with E-state index in [-0.39, 0.29) is 12.3 Å². The highest BCUT2D eigenvalue weighted by molar-refractivity contribution is 5.28. The average molecular weight is 267 g/mol. The molecule has 0 heterocycles. The van der Waals surface area contributed by atoms with Crippen LogP contribution in [0.5, 0.6) is 5.75 Å². The maximum Gasteiger partial charge on any atom is 0.169 e. The third-order valence-electron chi connectivity index (χ3n) is 2.97. The summed E-state index contributed by atoms with van der Waals surface area (Å²) in [6.45, 7) is 5.63. The molecule has 4 nitrogen and oxygen atoms in total. The molecule has 0 aliphatic heterocycles. The minimum Gasteiger partial charge on any atom is -0.494 e. The number of ether oxygens (including phenoxy) is 3. The van der Waals surface area contributed by atoms with Crippen molar-refractivity contribution in [1.29, 1.82) is 0 Å². The molecule has 4 heteroatoms. The number of hydrogen-bond donors (Lipinski definition) is 1. The topological polar surface area (TPSA) is 39.7 Å². The van der Waals surface area contributed by atoms with Gasteiger partial charge in [0.15, 0.2) is 6.29 Å². The van der Waals surface area contributed by atoms with Crippen LogP contribution in [0.15, 0.2) is 24.3 Å². The average Bonchev–Trinajstić information content (AvgIpc) is 2.46. The molecule has 1 rings (SSSR count). The minimum absolute atomic E-state index is 0.213. The number of nitrogens with one attached hydrogen (secondary N) is 1. The summed E-state index contributed by atoms with van der Waals surface area (Å²) in [6.07, 6.45) is 0.810. The van der Waals surface area contributed by atoms with E-state index in [1.165, 1.54) is 5.56 Å². The van der Waals surface area contributed by atoms with Gasteiger partial charge < -0.3 is 19.5 Å². The van der Waals surface area contributed by atoms with Crippen LogP contribution in [0.25, 0.3) is 0 Å².